The Morgan fingerprint density at radius 3 is 2.70 bits per heavy atom. The lowest BCUT2D eigenvalue weighted by molar-refractivity contribution is -0.127. The highest BCUT2D eigenvalue weighted by atomic mass is 32.2. The van der Waals surface area contributed by atoms with Crippen LogP contribution in [0.25, 0.3) is 10.2 Å². The third-order valence-corrected chi connectivity index (χ3v) is 6.88. The molecule has 1 saturated heterocycles. The van der Waals surface area contributed by atoms with E-state index in [4.69, 9.17) is 0 Å². The Kier molecular flexibility index (Phi) is 5.22. The SMILES string of the molecule is O=C(c1ccc(F)cc1)N1CCCC[C@H](Sc2nc3ccccc3s2)C1=O. The third-order valence-electron chi connectivity index (χ3n) is 4.49. The van der Waals surface area contributed by atoms with Gasteiger partial charge in [0.25, 0.3) is 5.91 Å². The van der Waals surface area contributed by atoms with Gasteiger partial charge in [-0.1, -0.05) is 30.3 Å². The van der Waals surface area contributed by atoms with Gasteiger partial charge in [-0.15, -0.1) is 11.3 Å². The van der Waals surface area contributed by atoms with E-state index >= 15 is 0 Å². The Balaban J connectivity index is 1.55. The fourth-order valence-corrected chi connectivity index (χ4v) is 5.50. The highest BCUT2D eigenvalue weighted by Gasteiger charge is 2.32. The van der Waals surface area contributed by atoms with E-state index in [1.807, 2.05) is 24.3 Å². The van der Waals surface area contributed by atoms with Crippen molar-refractivity contribution in [1.82, 2.24) is 9.88 Å². The number of carbonyl (C=O) groups is 2. The van der Waals surface area contributed by atoms with Crippen LogP contribution in [-0.4, -0.2) is 33.5 Å². The predicted octanol–water partition coefficient (Wildman–Crippen LogP) is 4.75. The fraction of sp³-hybridized carbons (Fsp3) is 0.250. The minimum atomic E-state index is -0.405. The van der Waals surface area contributed by atoms with Gasteiger partial charge in [0, 0.05) is 12.1 Å². The Morgan fingerprint density at radius 2 is 1.93 bits per heavy atom. The number of aromatic nitrogens is 1. The first kappa shape index (κ1) is 18.1. The number of likely N-dealkylation sites (tertiary alicyclic amines) is 1. The van der Waals surface area contributed by atoms with Crippen LogP contribution in [0.2, 0.25) is 0 Å². The fourth-order valence-electron chi connectivity index (χ4n) is 3.09. The van der Waals surface area contributed by atoms with E-state index in [0.29, 0.717) is 18.5 Å². The minimum Gasteiger partial charge on any atom is -0.278 e. The maximum atomic E-state index is 13.1. The highest BCUT2D eigenvalue weighted by Crippen LogP contribution is 2.35. The molecule has 4 nitrogen and oxygen atoms in total. The zero-order valence-corrected chi connectivity index (χ0v) is 16.1. The number of hydrogen-bond donors (Lipinski definition) is 0. The number of carbonyl (C=O) groups excluding carboxylic acids is 2. The number of imide groups is 1. The molecule has 1 fully saturated rings. The van der Waals surface area contributed by atoms with Gasteiger partial charge in [-0.2, -0.15) is 0 Å². The zero-order valence-electron chi connectivity index (χ0n) is 14.4. The van der Waals surface area contributed by atoms with Crippen molar-refractivity contribution in [3.8, 4) is 0 Å². The molecular weight excluding hydrogens is 383 g/mol. The molecule has 2 aromatic carbocycles. The van der Waals surface area contributed by atoms with Crippen molar-refractivity contribution >= 4 is 45.1 Å². The molecule has 0 radical (unpaired) electrons. The Hall–Kier alpha value is -2.25. The molecule has 27 heavy (non-hydrogen) atoms. The summed E-state index contributed by atoms with van der Waals surface area (Å²) >= 11 is 3.00. The first-order valence-electron chi connectivity index (χ1n) is 8.75. The molecule has 3 aromatic rings. The molecule has 0 aliphatic carbocycles. The summed E-state index contributed by atoms with van der Waals surface area (Å²) in [6.45, 7) is 0.395. The number of halogens is 1. The van der Waals surface area contributed by atoms with Crippen LogP contribution in [0.1, 0.15) is 29.6 Å². The number of rotatable bonds is 3. The topological polar surface area (TPSA) is 50.3 Å². The van der Waals surface area contributed by atoms with Gasteiger partial charge in [0.1, 0.15) is 5.82 Å². The number of para-hydroxylation sites is 1. The molecule has 2 heterocycles. The molecule has 138 valence electrons. The van der Waals surface area contributed by atoms with Crippen LogP contribution in [0, 0.1) is 5.82 Å². The van der Waals surface area contributed by atoms with Crippen molar-refractivity contribution in [2.45, 2.75) is 28.9 Å². The highest BCUT2D eigenvalue weighted by molar-refractivity contribution is 8.02. The molecule has 0 spiro atoms. The summed E-state index contributed by atoms with van der Waals surface area (Å²) in [5.74, 6) is -0.958. The molecule has 0 bridgehead atoms. The minimum absolute atomic E-state index is 0.189. The number of thiazole rings is 1. The number of fused-ring (bicyclic) bond motifs is 1. The van der Waals surface area contributed by atoms with Crippen LogP contribution in [0.3, 0.4) is 0 Å². The first-order chi connectivity index (χ1) is 13.1. The van der Waals surface area contributed by atoms with Gasteiger partial charge in [0.15, 0.2) is 4.34 Å². The van der Waals surface area contributed by atoms with Gasteiger partial charge in [-0.05, 0) is 49.2 Å². The molecular formula is C20H17FN2O2S2. The Morgan fingerprint density at radius 1 is 1.15 bits per heavy atom. The van der Waals surface area contributed by atoms with Crippen molar-refractivity contribution in [2.24, 2.45) is 0 Å². The lowest BCUT2D eigenvalue weighted by atomic mass is 10.2. The summed E-state index contributed by atoms with van der Waals surface area (Å²) in [6.07, 6.45) is 2.36. The first-order valence-corrected chi connectivity index (χ1v) is 10.4. The molecule has 0 unspecified atom stereocenters. The lowest BCUT2D eigenvalue weighted by Crippen LogP contribution is -2.41. The van der Waals surface area contributed by atoms with Crippen molar-refractivity contribution in [3.05, 3.63) is 59.9 Å². The van der Waals surface area contributed by atoms with E-state index in [1.54, 1.807) is 11.3 Å². The second kappa shape index (κ2) is 7.78. The quantitative estimate of drug-likeness (QED) is 0.596. The van der Waals surface area contributed by atoms with Crippen molar-refractivity contribution in [2.75, 3.05) is 6.54 Å². The standard InChI is InChI=1S/C20H17FN2O2S2/c21-14-10-8-13(9-11-14)18(24)23-12-4-3-7-17(19(23)25)27-20-22-15-5-1-2-6-16(15)26-20/h1-2,5-6,8-11,17H,3-4,7,12H2/t17-/m0/s1. The van der Waals surface area contributed by atoms with E-state index < -0.39 is 5.82 Å². The molecule has 7 heteroatoms. The van der Waals surface area contributed by atoms with E-state index in [9.17, 15) is 14.0 Å². The van der Waals surface area contributed by atoms with Crippen LogP contribution >= 0.6 is 23.1 Å². The van der Waals surface area contributed by atoms with E-state index in [0.717, 1.165) is 27.4 Å². The van der Waals surface area contributed by atoms with Crippen LogP contribution < -0.4 is 0 Å². The molecule has 4 rings (SSSR count). The summed E-state index contributed by atoms with van der Waals surface area (Å²) in [4.78, 5) is 31.7. The average Bonchev–Trinajstić information content (AvgIpc) is 3.00. The maximum absolute atomic E-state index is 13.1. The largest absolute Gasteiger partial charge is 0.278 e. The molecule has 1 aliphatic rings. The second-order valence-corrected chi connectivity index (χ2v) is 8.83. The smallest absolute Gasteiger partial charge is 0.260 e. The normalized spacial score (nSPS) is 17.9. The van der Waals surface area contributed by atoms with E-state index in [1.165, 1.54) is 40.9 Å². The number of benzene rings is 2. The lowest BCUT2D eigenvalue weighted by Gasteiger charge is -2.22. The van der Waals surface area contributed by atoms with Gasteiger partial charge in [-0.3, -0.25) is 14.5 Å². The van der Waals surface area contributed by atoms with Gasteiger partial charge >= 0.3 is 0 Å². The maximum Gasteiger partial charge on any atom is 0.260 e. The van der Waals surface area contributed by atoms with E-state index in [-0.39, 0.29) is 17.1 Å². The number of amides is 2. The third kappa shape index (κ3) is 3.89. The van der Waals surface area contributed by atoms with Crippen molar-refractivity contribution in [3.63, 3.8) is 0 Å². The van der Waals surface area contributed by atoms with Gasteiger partial charge in [0.05, 0.1) is 15.5 Å². The molecule has 1 aliphatic heterocycles. The predicted molar refractivity (Wildman–Crippen MR) is 106 cm³/mol. The number of nitrogens with zero attached hydrogens (tertiary/aromatic N) is 2. The number of thioether (sulfide) groups is 1. The van der Waals surface area contributed by atoms with Gasteiger partial charge < -0.3 is 0 Å². The van der Waals surface area contributed by atoms with Crippen molar-refractivity contribution in [1.29, 1.82) is 0 Å². The van der Waals surface area contributed by atoms with Crippen LogP contribution in [-0.2, 0) is 4.79 Å². The van der Waals surface area contributed by atoms with Crippen LogP contribution in [0.5, 0.6) is 0 Å². The summed E-state index contributed by atoms with van der Waals surface area (Å²) in [6, 6.07) is 13.2. The Bertz CT molecular complexity index is 954. The molecule has 0 N–H and O–H groups in total. The summed E-state index contributed by atoms with van der Waals surface area (Å²) in [7, 11) is 0. The monoisotopic (exact) mass is 400 g/mol. The molecule has 1 atom stereocenters. The Labute approximate surface area is 164 Å². The summed E-state index contributed by atoms with van der Waals surface area (Å²) in [5.41, 5.74) is 1.25. The number of hydrogen-bond acceptors (Lipinski definition) is 5. The van der Waals surface area contributed by atoms with Gasteiger partial charge in [0.2, 0.25) is 5.91 Å². The average molecular weight is 401 g/mol. The molecule has 1 aromatic heterocycles. The summed E-state index contributed by atoms with van der Waals surface area (Å²) < 4.78 is 15.0. The van der Waals surface area contributed by atoms with Gasteiger partial charge in [-0.25, -0.2) is 9.37 Å². The van der Waals surface area contributed by atoms with Crippen LogP contribution in [0.15, 0.2) is 52.9 Å². The summed E-state index contributed by atoms with van der Waals surface area (Å²) in [5, 5.41) is -0.336. The zero-order chi connectivity index (χ0) is 18.8. The van der Waals surface area contributed by atoms with E-state index in [2.05, 4.69) is 4.98 Å². The second-order valence-electron chi connectivity index (χ2n) is 6.35. The van der Waals surface area contributed by atoms with Crippen molar-refractivity contribution < 1.29 is 14.0 Å². The molecule has 0 saturated carbocycles. The molecule has 2 amide bonds. The van der Waals surface area contributed by atoms with Crippen LogP contribution in [0.4, 0.5) is 4.39 Å².